The quantitative estimate of drug-likeness (QED) is 0.636. The average molecular weight is 280 g/mol. The minimum atomic E-state index is 0.764. The molecule has 3 aromatic rings. The molecule has 0 aliphatic heterocycles. The second kappa shape index (κ2) is 6.30. The molecule has 0 amide bonds. The molecule has 21 heavy (non-hydrogen) atoms. The molecule has 0 saturated heterocycles. The van der Waals surface area contributed by atoms with Crippen LogP contribution in [0.5, 0.6) is 0 Å². The lowest BCUT2D eigenvalue weighted by atomic mass is 9.94. The van der Waals surface area contributed by atoms with Gasteiger partial charge in [0.1, 0.15) is 0 Å². The fourth-order valence-corrected chi connectivity index (χ4v) is 3.10. The molecule has 2 heteroatoms. The lowest BCUT2D eigenvalue weighted by molar-refractivity contribution is 0.445. The van der Waals surface area contributed by atoms with Crippen LogP contribution in [0, 0.1) is 5.92 Å². The van der Waals surface area contributed by atoms with E-state index >= 15 is 0 Å². The van der Waals surface area contributed by atoms with Crippen molar-refractivity contribution in [3.8, 4) is 0 Å². The maximum atomic E-state index is 4.93. The summed E-state index contributed by atoms with van der Waals surface area (Å²) in [6, 6.07) is 12.8. The Morgan fingerprint density at radius 2 is 1.90 bits per heavy atom. The summed E-state index contributed by atoms with van der Waals surface area (Å²) in [6.45, 7) is 4.56. The Balaban J connectivity index is 1.91. The predicted octanol–water partition coefficient (Wildman–Crippen LogP) is 5.48. The molecule has 2 nitrogen and oxygen atoms in total. The second-order valence-electron chi connectivity index (χ2n) is 5.99. The number of benzene rings is 1. The molecule has 1 aromatic carbocycles. The van der Waals surface area contributed by atoms with Crippen LogP contribution in [0.3, 0.4) is 0 Å². The fourth-order valence-electron chi connectivity index (χ4n) is 3.10. The third-order valence-electron chi connectivity index (χ3n) is 4.45. The molecule has 1 atom stereocenters. The first-order valence-electron chi connectivity index (χ1n) is 8.18. The van der Waals surface area contributed by atoms with Crippen molar-refractivity contribution in [2.75, 3.05) is 0 Å². The van der Waals surface area contributed by atoms with Crippen molar-refractivity contribution in [1.29, 1.82) is 0 Å². The number of fused-ring (bicyclic) bond motifs is 3. The van der Waals surface area contributed by atoms with Gasteiger partial charge in [0.15, 0.2) is 0 Å². The van der Waals surface area contributed by atoms with Crippen molar-refractivity contribution >= 4 is 21.9 Å². The molecule has 1 unspecified atom stereocenters. The summed E-state index contributed by atoms with van der Waals surface area (Å²) < 4.78 is 0. The second-order valence-corrected chi connectivity index (χ2v) is 5.99. The molecular formula is C19H24N2. The van der Waals surface area contributed by atoms with Gasteiger partial charge in [-0.15, -0.1) is 0 Å². The summed E-state index contributed by atoms with van der Waals surface area (Å²) in [7, 11) is 0. The highest BCUT2D eigenvalue weighted by molar-refractivity contribution is 6.04. The molecule has 0 radical (unpaired) electrons. The first-order chi connectivity index (χ1) is 10.3. The monoisotopic (exact) mass is 280 g/mol. The SMILES string of the molecule is CCCCC(CC)Cc1ccc2[nH]c3ccccc3c2n1. The third-order valence-corrected chi connectivity index (χ3v) is 4.45. The van der Waals surface area contributed by atoms with Crippen molar-refractivity contribution in [2.45, 2.75) is 46.0 Å². The van der Waals surface area contributed by atoms with Crippen LogP contribution >= 0.6 is 0 Å². The van der Waals surface area contributed by atoms with Gasteiger partial charge < -0.3 is 4.98 Å². The van der Waals surface area contributed by atoms with Crippen molar-refractivity contribution < 1.29 is 0 Å². The van der Waals surface area contributed by atoms with Crippen molar-refractivity contribution in [3.05, 3.63) is 42.1 Å². The number of nitrogens with one attached hydrogen (secondary N) is 1. The van der Waals surface area contributed by atoms with Crippen LogP contribution in [0.2, 0.25) is 0 Å². The maximum absolute atomic E-state index is 4.93. The van der Waals surface area contributed by atoms with E-state index in [0.717, 1.165) is 23.4 Å². The van der Waals surface area contributed by atoms with Gasteiger partial charge in [-0.25, -0.2) is 0 Å². The number of hydrogen-bond acceptors (Lipinski definition) is 1. The Labute approximate surface area is 126 Å². The van der Waals surface area contributed by atoms with Crippen molar-refractivity contribution in [3.63, 3.8) is 0 Å². The van der Waals surface area contributed by atoms with Gasteiger partial charge >= 0.3 is 0 Å². The van der Waals surface area contributed by atoms with Gasteiger partial charge in [-0.1, -0.05) is 57.7 Å². The summed E-state index contributed by atoms with van der Waals surface area (Å²) in [5, 5.41) is 1.23. The normalized spacial score (nSPS) is 13.0. The number of hydrogen-bond donors (Lipinski definition) is 1. The van der Waals surface area contributed by atoms with Gasteiger partial charge in [0, 0.05) is 16.6 Å². The predicted molar refractivity (Wildman–Crippen MR) is 90.6 cm³/mol. The number of aromatic amines is 1. The molecule has 0 bridgehead atoms. The van der Waals surface area contributed by atoms with E-state index in [-0.39, 0.29) is 0 Å². The number of H-pyrrole nitrogens is 1. The molecule has 0 spiro atoms. The van der Waals surface area contributed by atoms with Gasteiger partial charge in [0.2, 0.25) is 0 Å². The maximum Gasteiger partial charge on any atom is 0.0960 e. The third kappa shape index (κ3) is 2.94. The van der Waals surface area contributed by atoms with Crippen LogP contribution in [0.1, 0.15) is 45.2 Å². The zero-order chi connectivity index (χ0) is 14.7. The molecule has 0 fully saturated rings. The number of nitrogens with zero attached hydrogens (tertiary/aromatic N) is 1. The van der Waals surface area contributed by atoms with Crippen LogP contribution in [0.25, 0.3) is 21.9 Å². The molecule has 0 aliphatic carbocycles. The first-order valence-corrected chi connectivity index (χ1v) is 8.18. The van der Waals surface area contributed by atoms with E-state index in [9.17, 15) is 0 Å². The van der Waals surface area contributed by atoms with Crippen molar-refractivity contribution in [1.82, 2.24) is 9.97 Å². The van der Waals surface area contributed by atoms with E-state index in [2.05, 4.69) is 55.2 Å². The number of pyridine rings is 1. The molecule has 2 heterocycles. The van der Waals surface area contributed by atoms with Gasteiger partial charge in [-0.3, -0.25) is 4.98 Å². The Bertz CT molecular complexity index is 727. The van der Waals surface area contributed by atoms with Gasteiger partial charge in [0.05, 0.1) is 11.0 Å². The van der Waals surface area contributed by atoms with Crippen molar-refractivity contribution in [2.24, 2.45) is 5.92 Å². The first kappa shape index (κ1) is 14.1. The number of rotatable bonds is 6. The summed E-state index contributed by atoms with van der Waals surface area (Å²) >= 11 is 0. The summed E-state index contributed by atoms with van der Waals surface area (Å²) in [6.07, 6.45) is 6.28. The largest absolute Gasteiger partial charge is 0.353 e. The van der Waals surface area contributed by atoms with E-state index in [0.29, 0.717) is 0 Å². The molecule has 0 saturated carbocycles. The summed E-state index contributed by atoms with van der Waals surface area (Å²) in [4.78, 5) is 8.37. The van der Waals surface area contributed by atoms with Gasteiger partial charge in [0.25, 0.3) is 0 Å². The van der Waals surface area contributed by atoms with Crippen LogP contribution in [0.4, 0.5) is 0 Å². The average Bonchev–Trinajstić information content (AvgIpc) is 2.89. The highest BCUT2D eigenvalue weighted by Crippen LogP contribution is 2.25. The lowest BCUT2D eigenvalue weighted by Gasteiger charge is -2.13. The van der Waals surface area contributed by atoms with Crippen LogP contribution < -0.4 is 0 Å². The standard InChI is InChI=1S/C19H24N2/c1-3-5-8-14(4-2)13-15-11-12-18-19(20-15)16-9-6-7-10-17(16)21-18/h6-7,9-12,14,21H,3-5,8,13H2,1-2H3. The van der Waals surface area contributed by atoms with Gasteiger partial charge in [-0.05, 0) is 30.5 Å². The van der Waals surface area contributed by atoms with E-state index in [1.54, 1.807) is 0 Å². The van der Waals surface area contributed by atoms with Gasteiger partial charge in [-0.2, -0.15) is 0 Å². The number of unbranched alkanes of at least 4 members (excludes halogenated alkanes) is 1. The highest BCUT2D eigenvalue weighted by atomic mass is 14.8. The van der Waals surface area contributed by atoms with E-state index in [4.69, 9.17) is 4.98 Å². The molecular weight excluding hydrogens is 256 g/mol. The zero-order valence-electron chi connectivity index (χ0n) is 13.0. The smallest absolute Gasteiger partial charge is 0.0960 e. The molecule has 0 aliphatic rings. The summed E-state index contributed by atoms with van der Waals surface area (Å²) in [5.41, 5.74) is 4.67. The zero-order valence-corrected chi connectivity index (χ0v) is 13.0. The lowest BCUT2D eigenvalue weighted by Crippen LogP contribution is -2.04. The Kier molecular flexibility index (Phi) is 4.23. The van der Waals surface area contributed by atoms with E-state index < -0.39 is 0 Å². The van der Waals surface area contributed by atoms with E-state index in [1.807, 2.05) is 0 Å². The number of para-hydroxylation sites is 1. The minimum Gasteiger partial charge on any atom is -0.353 e. The fraction of sp³-hybridized carbons (Fsp3) is 0.421. The molecule has 2 aromatic heterocycles. The van der Waals surface area contributed by atoms with Crippen LogP contribution in [-0.4, -0.2) is 9.97 Å². The molecule has 110 valence electrons. The number of aromatic nitrogens is 2. The highest BCUT2D eigenvalue weighted by Gasteiger charge is 2.10. The summed E-state index contributed by atoms with van der Waals surface area (Å²) in [5.74, 6) is 0.764. The van der Waals surface area contributed by atoms with Crippen LogP contribution in [-0.2, 0) is 6.42 Å². The molecule has 1 N–H and O–H groups in total. The Morgan fingerprint density at radius 1 is 1.05 bits per heavy atom. The van der Waals surface area contributed by atoms with E-state index in [1.165, 1.54) is 42.3 Å². The van der Waals surface area contributed by atoms with Crippen LogP contribution in [0.15, 0.2) is 36.4 Å². The topological polar surface area (TPSA) is 28.7 Å². The minimum absolute atomic E-state index is 0.764. The molecule has 3 rings (SSSR count). The Hall–Kier alpha value is -1.83. The Morgan fingerprint density at radius 3 is 2.71 bits per heavy atom.